The van der Waals surface area contributed by atoms with Crippen molar-refractivity contribution in [3.05, 3.63) is 53.3 Å². The summed E-state index contributed by atoms with van der Waals surface area (Å²) in [4.78, 5) is 0. The second-order valence-corrected chi connectivity index (χ2v) is 13.0. The maximum atomic E-state index is 11.1. The Morgan fingerprint density at radius 2 is 1.31 bits per heavy atom. The van der Waals surface area contributed by atoms with Crippen LogP contribution in [-0.4, -0.2) is 167 Å². The zero-order valence-electron chi connectivity index (χ0n) is 27.5. The van der Waals surface area contributed by atoms with Crippen molar-refractivity contribution in [2.24, 2.45) is 0 Å². The molecular formula is C33H42O19. The van der Waals surface area contributed by atoms with Gasteiger partial charge in [-0.3, -0.25) is 0 Å². The molecule has 6 rings (SSSR count). The third-order valence-corrected chi connectivity index (χ3v) is 9.38. The van der Waals surface area contributed by atoms with Gasteiger partial charge in [0.1, 0.15) is 95.9 Å². The van der Waals surface area contributed by atoms with Crippen LogP contribution in [0.1, 0.15) is 18.1 Å². The lowest BCUT2D eigenvalue weighted by atomic mass is 9.97. The van der Waals surface area contributed by atoms with Gasteiger partial charge >= 0.3 is 0 Å². The molecule has 0 saturated carbocycles. The van der Waals surface area contributed by atoms with E-state index < -0.39 is 105 Å². The molecule has 12 N–H and O–H groups in total. The standard InChI is InChI=1S/C33H42O19/c1-11-21(38)30(52-33-27(44)24(41)22(39)19(9-34)50-33)28(45)31(47-11)46-10-20-23(40)25(42)26(43)32(51-20)49-18-8-15-16(37)6-14(36)7-17(15)48-29(18)12-2-4-13(35)5-3-12/h2-7,11,19-28,30-45H,8-10H2,1H3/t11-,19+,20+,21-,22+,23+,24-,25-,26+,27+,28+,30+,31+,32+,33-/m0/s1. The van der Waals surface area contributed by atoms with E-state index in [1.165, 1.54) is 37.3 Å². The summed E-state index contributed by atoms with van der Waals surface area (Å²) in [5.74, 6) is -0.510. The first-order valence-electron chi connectivity index (χ1n) is 16.4. The Morgan fingerprint density at radius 1 is 0.673 bits per heavy atom. The molecule has 0 amide bonds. The van der Waals surface area contributed by atoms with E-state index in [1.54, 1.807) is 0 Å². The van der Waals surface area contributed by atoms with Gasteiger partial charge in [-0.2, -0.15) is 0 Å². The van der Waals surface area contributed by atoms with E-state index in [9.17, 15) is 61.3 Å². The molecule has 0 radical (unpaired) electrons. The molecule has 2 aromatic carbocycles. The van der Waals surface area contributed by atoms with Crippen molar-refractivity contribution in [2.75, 3.05) is 13.2 Å². The third kappa shape index (κ3) is 7.52. The Morgan fingerprint density at radius 3 is 1.98 bits per heavy atom. The van der Waals surface area contributed by atoms with E-state index in [4.69, 9.17) is 33.2 Å². The van der Waals surface area contributed by atoms with Crippen molar-refractivity contribution >= 4 is 5.76 Å². The average Bonchev–Trinajstić information content (AvgIpc) is 3.12. The molecule has 0 bridgehead atoms. The lowest BCUT2D eigenvalue weighted by Crippen LogP contribution is -2.64. The van der Waals surface area contributed by atoms with E-state index in [0.717, 1.165) is 6.07 Å². The predicted molar refractivity (Wildman–Crippen MR) is 168 cm³/mol. The second kappa shape index (κ2) is 15.5. The van der Waals surface area contributed by atoms with E-state index in [1.807, 2.05) is 0 Å². The minimum atomic E-state index is -1.85. The highest BCUT2D eigenvalue weighted by Gasteiger charge is 2.51. The molecule has 15 atom stereocenters. The number of ether oxygens (including phenoxy) is 7. The number of phenols is 3. The summed E-state index contributed by atoms with van der Waals surface area (Å²) in [6.07, 6.45) is -24.6. The fourth-order valence-electron chi connectivity index (χ4n) is 6.33. The fraction of sp³-hybridized carbons (Fsp3) is 0.576. The van der Waals surface area contributed by atoms with Gasteiger partial charge in [-0.15, -0.1) is 0 Å². The Kier molecular flexibility index (Phi) is 11.5. The Labute approximate surface area is 295 Å². The summed E-state index contributed by atoms with van der Waals surface area (Å²) in [6.45, 7) is 0.0599. The number of phenolic OH excluding ortho intramolecular Hbond substituents is 3. The Bertz CT molecular complexity index is 1570. The number of fused-ring (bicyclic) bond motifs is 1. The maximum absolute atomic E-state index is 11.1. The monoisotopic (exact) mass is 742 g/mol. The highest BCUT2D eigenvalue weighted by molar-refractivity contribution is 5.69. The normalized spacial score (nSPS) is 39.5. The van der Waals surface area contributed by atoms with Crippen LogP contribution < -0.4 is 4.74 Å². The lowest BCUT2D eigenvalue weighted by Gasteiger charge is -2.46. The van der Waals surface area contributed by atoms with Crippen LogP contribution in [0, 0.1) is 0 Å². The molecule has 0 unspecified atom stereocenters. The van der Waals surface area contributed by atoms with Gasteiger partial charge in [0.25, 0.3) is 0 Å². The molecule has 4 aliphatic rings. The molecule has 0 spiro atoms. The number of aliphatic hydroxyl groups excluding tert-OH is 9. The average molecular weight is 743 g/mol. The summed E-state index contributed by atoms with van der Waals surface area (Å²) in [5, 5.41) is 125. The van der Waals surface area contributed by atoms with Crippen molar-refractivity contribution in [2.45, 2.75) is 105 Å². The van der Waals surface area contributed by atoms with E-state index in [0.29, 0.717) is 5.56 Å². The van der Waals surface area contributed by atoms with Crippen LogP contribution in [0.5, 0.6) is 23.0 Å². The highest BCUT2D eigenvalue weighted by atomic mass is 16.7. The Balaban J connectivity index is 1.17. The first kappa shape index (κ1) is 38.3. The molecular weight excluding hydrogens is 700 g/mol. The molecule has 3 saturated heterocycles. The van der Waals surface area contributed by atoms with Gasteiger partial charge in [0.05, 0.1) is 19.3 Å². The summed E-state index contributed by atoms with van der Waals surface area (Å²) in [6, 6.07) is 8.10. The second-order valence-electron chi connectivity index (χ2n) is 13.0. The number of aromatic hydroxyl groups is 3. The SMILES string of the molecule is C[C@@H]1O[C@@H](OC[C@H]2O[C@@H](OC3=C(c4ccc(O)cc4)Oc4cc(O)cc(O)c4C3)[C@H](O)[C@@H](O)[C@@H]2O)[C@H](O)[C@H](O[C@@H]2O[C@H](CO)[C@@H](O)[C@H](O)[C@H]2O)[C@H]1O. The van der Waals surface area contributed by atoms with Crippen LogP contribution in [0.2, 0.25) is 0 Å². The molecule has 52 heavy (non-hydrogen) atoms. The van der Waals surface area contributed by atoms with Crippen LogP contribution in [0.4, 0.5) is 0 Å². The van der Waals surface area contributed by atoms with Crippen molar-refractivity contribution in [3.63, 3.8) is 0 Å². The van der Waals surface area contributed by atoms with Crippen LogP contribution in [-0.2, 0) is 34.8 Å². The van der Waals surface area contributed by atoms with E-state index in [-0.39, 0.29) is 46.5 Å². The molecule has 19 heteroatoms. The third-order valence-electron chi connectivity index (χ3n) is 9.38. The molecule has 0 aromatic heterocycles. The summed E-state index contributed by atoms with van der Waals surface area (Å²) >= 11 is 0. The van der Waals surface area contributed by atoms with Crippen LogP contribution >= 0.6 is 0 Å². The van der Waals surface area contributed by atoms with E-state index >= 15 is 0 Å². The molecule has 2 aromatic rings. The van der Waals surface area contributed by atoms with Gasteiger partial charge in [-0.25, -0.2) is 0 Å². The lowest BCUT2D eigenvalue weighted by molar-refractivity contribution is -0.362. The van der Waals surface area contributed by atoms with Gasteiger partial charge in [0.15, 0.2) is 18.3 Å². The summed E-state index contributed by atoms with van der Waals surface area (Å²) in [7, 11) is 0. The summed E-state index contributed by atoms with van der Waals surface area (Å²) < 4.78 is 40.0. The highest BCUT2D eigenvalue weighted by Crippen LogP contribution is 2.43. The van der Waals surface area contributed by atoms with E-state index in [2.05, 4.69) is 0 Å². The number of rotatable bonds is 9. The fourth-order valence-corrected chi connectivity index (χ4v) is 6.33. The number of aliphatic hydroxyl groups is 9. The first-order valence-corrected chi connectivity index (χ1v) is 16.4. The van der Waals surface area contributed by atoms with Crippen molar-refractivity contribution in [1.29, 1.82) is 0 Å². The maximum Gasteiger partial charge on any atom is 0.228 e. The zero-order chi connectivity index (χ0) is 37.6. The first-order chi connectivity index (χ1) is 24.7. The largest absolute Gasteiger partial charge is 0.508 e. The van der Waals surface area contributed by atoms with Gasteiger partial charge < -0.3 is 94.4 Å². The molecule has 4 aliphatic heterocycles. The minimum Gasteiger partial charge on any atom is -0.508 e. The zero-order valence-corrected chi connectivity index (χ0v) is 27.5. The number of benzene rings is 2. The smallest absolute Gasteiger partial charge is 0.228 e. The molecule has 4 heterocycles. The molecule has 0 aliphatic carbocycles. The van der Waals surface area contributed by atoms with Crippen molar-refractivity contribution in [1.82, 2.24) is 0 Å². The van der Waals surface area contributed by atoms with Crippen LogP contribution in [0.15, 0.2) is 42.2 Å². The van der Waals surface area contributed by atoms with Gasteiger partial charge in [0, 0.05) is 29.7 Å². The molecule has 288 valence electrons. The van der Waals surface area contributed by atoms with Crippen molar-refractivity contribution < 1.29 is 94.4 Å². The van der Waals surface area contributed by atoms with Crippen LogP contribution in [0.25, 0.3) is 5.76 Å². The van der Waals surface area contributed by atoms with Gasteiger partial charge in [-0.1, -0.05) is 0 Å². The van der Waals surface area contributed by atoms with Crippen LogP contribution in [0.3, 0.4) is 0 Å². The number of allylic oxidation sites excluding steroid dienone is 1. The van der Waals surface area contributed by atoms with Gasteiger partial charge in [0.2, 0.25) is 6.29 Å². The predicted octanol–water partition coefficient (Wildman–Crippen LogP) is -3.40. The molecule has 3 fully saturated rings. The summed E-state index contributed by atoms with van der Waals surface area (Å²) in [5.41, 5.74) is 0.591. The molecule has 19 nitrogen and oxygen atoms in total. The van der Waals surface area contributed by atoms with Crippen molar-refractivity contribution in [3.8, 4) is 23.0 Å². The Hall–Kier alpha value is -3.38. The van der Waals surface area contributed by atoms with Gasteiger partial charge in [-0.05, 0) is 31.2 Å². The number of hydrogen-bond acceptors (Lipinski definition) is 19. The number of hydrogen-bond donors (Lipinski definition) is 12. The topological polar surface area (TPSA) is 307 Å². The minimum absolute atomic E-state index is 0.00600. The quantitative estimate of drug-likeness (QED) is 0.119.